The molecule has 0 bridgehead atoms. The molecule has 2 aromatic carbocycles. The Labute approximate surface area is 228 Å². The summed E-state index contributed by atoms with van der Waals surface area (Å²) in [5.74, 6) is -0.756. The maximum absolute atomic E-state index is 13.2. The van der Waals surface area contributed by atoms with Crippen molar-refractivity contribution in [3.63, 3.8) is 0 Å². The number of hydrogen-bond donors (Lipinski definition) is 3. The lowest BCUT2D eigenvalue weighted by molar-refractivity contribution is -0.130. The Balaban J connectivity index is 1.16. The lowest BCUT2D eigenvalue weighted by Gasteiger charge is -2.31. The highest BCUT2D eigenvalue weighted by Gasteiger charge is 2.28. The molecule has 4 aromatic rings. The van der Waals surface area contributed by atoms with E-state index in [4.69, 9.17) is 4.74 Å². The van der Waals surface area contributed by atoms with E-state index in [1.807, 2.05) is 24.3 Å². The number of carbonyl (C=O) groups excluding carboxylic acids is 3. The topological polar surface area (TPSA) is 134 Å². The summed E-state index contributed by atoms with van der Waals surface area (Å²) in [6, 6.07) is 17.6. The normalized spacial score (nSPS) is 14.6. The maximum Gasteiger partial charge on any atom is 0.289 e. The Bertz CT molecular complexity index is 1500. The van der Waals surface area contributed by atoms with Crippen LogP contribution < -0.4 is 15.6 Å². The van der Waals surface area contributed by atoms with Crippen molar-refractivity contribution in [3.05, 3.63) is 88.0 Å². The van der Waals surface area contributed by atoms with Crippen LogP contribution in [-0.4, -0.2) is 57.9 Å². The number of rotatable bonds is 6. The number of nitrogens with one attached hydrogen (secondary N) is 2. The molecular formula is C28H27N5O5S. The Kier molecular flexibility index (Phi) is 7.80. The molecule has 10 nitrogen and oxygen atoms in total. The van der Waals surface area contributed by atoms with E-state index in [0.29, 0.717) is 48.5 Å². The van der Waals surface area contributed by atoms with Crippen molar-refractivity contribution in [2.75, 3.05) is 20.2 Å². The number of amides is 3. The highest BCUT2D eigenvalue weighted by molar-refractivity contribution is 7.09. The number of hydrogen-bond acceptors (Lipinski definition) is 8. The molecule has 1 aliphatic heterocycles. The van der Waals surface area contributed by atoms with Gasteiger partial charge in [-0.1, -0.05) is 42.5 Å². The molecule has 200 valence electrons. The number of aliphatic hydroxyl groups excluding tert-OH is 1. The number of aliphatic hydroxyl groups is 1. The summed E-state index contributed by atoms with van der Waals surface area (Å²) in [6.07, 6.45) is -0.00734. The summed E-state index contributed by atoms with van der Waals surface area (Å²) in [6.45, 7) is 1.07. The van der Waals surface area contributed by atoms with Crippen LogP contribution in [0, 0.1) is 0 Å². The average molecular weight is 546 g/mol. The van der Waals surface area contributed by atoms with E-state index >= 15 is 0 Å². The molecule has 2 aromatic heterocycles. The second-order valence-electron chi connectivity index (χ2n) is 9.12. The Morgan fingerprint density at radius 1 is 1.00 bits per heavy atom. The van der Waals surface area contributed by atoms with Gasteiger partial charge in [0.2, 0.25) is 0 Å². The highest BCUT2D eigenvalue weighted by Crippen LogP contribution is 2.32. The number of para-hydroxylation sites is 1. The van der Waals surface area contributed by atoms with Crippen LogP contribution in [0.15, 0.2) is 66.0 Å². The number of hydrazine groups is 1. The van der Waals surface area contributed by atoms with Gasteiger partial charge in [0.15, 0.2) is 6.10 Å². The van der Waals surface area contributed by atoms with Gasteiger partial charge in [-0.15, -0.1) is 11.3 Å². The molecule has 3 heterocycles. The van der Waals surface area contributed by atoms with E-state index in [0.717, 1.165) is 10.4 Å². The highest BCUT2D eigenvalue weighted by atomic mass is 32.1. The third kappa shape index (κ3) is 5.74. The minimum Gasteiger partial charge on any atom is -0.496 e. The summed E-state index contributed by atoms with van der Waals surface area (Å²) in [7, 11) is 1.58. The van der Waals surface area contributed by atoms with Gasteiger partial charge in [-0.05, 0) is 30.5 Å². The number of carbonyl (C=O) groups is 3. The van der Waals surface area contributed by atoms with Crippen LogP contribution in [0.2, 0.25) is 0 Å². The van der Waals surface area contributed by atoms with Crippen molar-refractivity contribution < 1.29 is 24.2 Å². The molecule has 11 heteroatoms. The smallest absolute Gasteiger partial charge is 0.289 e. The van der Waals surface area contributed by atoms with Gasteiger partial charge < -0.3 is 14.7 Å². The number of aromatic nitrogens is 2. The summed E-state index contributed by atoms with van der Waals surface area (Å²) >= 11 is 1.37. The Morgan fingerprint density at radius 2 is 1.72 bits per heavy atom. The molecule has 1 unspecified atom stereocenters. The second-order valence-corrected chi connectivity index (χ2v) is 10.0. The molecule has 3 amide bonds. The number of fused-ring (bicyclic) bond motifs is 1. The molecule has 0 aliphatic carbocycles. The van der Waals surface area contributed by atoms with E-state index in [1.165, 1.54) is 11.3 Å². The molecule has 0 saturated carbocycles. The molecule has 1 aliphatic rings. The largest absolute Gasteiger partial charge is 0.496 e. The predicted molar refractivity (Wildman–Crippen MR) is 145 cm³/mol. The fourth-order valence-electron chi connectivity index (χ4n) is 4.53. The van der Waals surface area contributed by atoms with Gasteiger partial charge in [0, 0.05) is 35.8 Å². The molecule has 1 fully saturated rings. The van der Waals surface area contributed by atoms with Crippen molar-refractivity contribution in [2.45, 2.75) is 24.9 Å². The number of methoxy groups -OCH3 is 1. The van der Waals surface area contributed by atoms with Crippen LogP contribution in [0.5, 0.6) is 5.75 Å². The Hall–Kier alpha value is -4.35. The molecule has 1 saturated heterocycles. The fraction of sp³-hybridized carbons (Fsp3) is 0.250. The molecule has 1 atom stereocenters. The first-order chi connectivity index (χ1) is 18.9. The van der Waals surface area contributed by atoms with E-state index in [1.54, 1.807) is 53.8 Å². The molecule has 5 rings (SSSR count). The van der Waals surface area contributed by atoms with Crippen molar-refractivity contribution in [1.29, 1.82) is 0 Å². The van der Waals surface area contributed by atoms with Gasteiger partial charge in [0.1, 0.15) is 17.1 Å². The lowest BCUT2D eigenvalue weighted by atomic mass is 9.97. The van der Waals surface area contributed by atoms with Crippen molar-refractivity contribution in [2.24, 2.45) is 0 Å². The van der Waals surface area contributed by atoms with Crippen molar-refractivity contribution >= 4 is 40.0 Å². The minimum atomic E-state index is -1.41. The van der Waals surface area contributed by atoms with E-state index in [-0.39, 0.29) is 17.5 Å². The van der Waals surface area contributed by atoms with Crippen LogP contribution in [0.3, 0.4) is 0 Å². The molecular weight excluding hydrogens is 518 g/mol. The third-order valence-electron chi connectivity index (χ3n) is 6.67. The number of ether oxygens (including phenoxy) is 1. The van der Waals surface area contributed by atoms with Gasteiger partial charge in [0.05, 0.1) is 17.6 Å². The first-order valence-corrected chi connectivity index (χ1v) is 13.3. The van der Waals surface area contributed by atoms with E-state index in [2.05, 4.69) is 20.8 Å². The summed E-state index contributed by atoms with van der Waals surface area (Å²) in [4.78, 5) is 48.7. The van der Waals surface area contributed by atoms with Crippen LogP contribution in [0.1, 0.15) is 56.4 Å². The summed E-state index contributed by atoms with van der Waals surface area (Å²) in [5.41, 5.74) is 6.18. The standard InChI is InChI=1S/C28H27N5O5S/c1-38-23-15-21(29-20-10-6-5-9-19(20)23)28(37)33-13-11-18(12-14-33)27-30-22(16-39-27)25(35)31-32-26(36)24(34)17-7-3-2-4-8-17/h2-10,15-16,18,24,34H,11-14H2,1H3,(H,31,35)(H,32,36). The third-order valence-corrected chi connectivity index (χ3v) is 7.67. The Morgan fingerprint density at radius 3 is 2.46 bits per heavy atom. The number of likely N-dealkylation sites (tertiary alicyclic amines) is 1. The van der Waals surface area contributed by atoms with Gasteiger partial charge in [-0.25, -0.2) is 9.97 Å². The predicted octanol–water partition coefficient (Wildman–Crippen LogP) is 3.21. The molecule has 3 N–H and O–H groups in total. The zero-order valence-corrected chi connectivity index (χ0v) is 22.0. The van der Waals surface area contributed by atoms with Crippen LogP contribution in [0.25, 0.3) is 10.9 Å². The number of thiazole rings is 1. The van der Waals surface area contributed by atoms with Gasteiger partial charge in [0.25, 0.3) is 17.7 Å². The van der Waals surface area contributed by atoms with E-state index < -0.39 is 17.9 Å². The minimum absolute atomic E-state index is 0.106. The zero-order valence-electron chi connectivity index (χ0n) is 21.2. The number of benzene rings is 2. The number of piperidine rings is 1. The summed E-state index contributed by atoms with van der Waals surface area (Å²) < 4.78 is 5.48. The lowest BCUT2D eigenvalue weighted by Crippen LogP contribution is -2.44. The van der Waals surface area contributed by atoms with Crippen molar-refractivity contribution in [1.82, 2.24) is 25.7 Å². The SMILES string of the molecule is COc1cc(C(=O)N2CCC(c3nc(C(=O)NNC(=O)C(O)c4ccccc4)cs3)CC2)nc2ccccc12. The molecule has 0 spiro atoms. The van der Waals surface area contributed by atoms with E-state index in [9.17, 15) is 19.5 Å². The molecule has 0 radical (unpaired) electrons. The molecule has 39 heavy (non-hydrogen) atoms. The fourth-order valence-corrected chi connectivity index (χ4v) is 5.50. The van der Waals surface area contributed by atoms with Gasteiger partial charge in [-0.2, -0.15) is 0 Å². The second kappa shape index (κ2) is 11.6. The maximum atomic E-state index is 13.2. The summed E-state index contributed by atoms with van der Waals surface area (Å²) in [5, 5.41) is 13.4. The average Bonchev–Trinajstić information content (AvgIpc) is 3.49. The first-order valence-electron chi connectivity index (χ1n) is 12.5. The van der Waals surface area contributed by atoms with Crippen molar-refractivity contribution in [3.8, 4) is 5.75 Å². The van der Waals surface area contributed by atoms with Crippen LogP contribution in [0.4, 0.5) is 0 Å². The number of nitrogens with zero attached hydrogens (tertiary/aromatic N) is 3. The first kappa shape index (κ1) is 26.3. The quantitative estimate of drug-likeness (QED) is 0.317. The zero-order chi connectivity index (χ0) is 27.4. The van der Waals surface area contributed by atoms with Crippen LogP contribution in [-0.2, 0) is 4.79 Å². The van der Waals surface area contributed by atoms with Gasteiger partial charge >= 0.3 is 0 Å². The van der Waals surface area contributed by atoms with Gasteiger partial charge in [-0.3, -0.25) is 25.2 Å². The van der Waals surface area contributed by atoms with Crippen LogP contribution >= 0.6 is 11.3 Å². The number of pyridine rings is 1. The monoisotopic (exact) mass is 545 g/mol.